The van der Waals surface area contributed by atoms with Gasteiger partial charge in [-0.15, -0.1) is 0 Å². The van der Waals surface area contributed by atoms with Crippen molar-refractivity contribution in [3.05, 3.63) is 0 Å². The third kappa shape index (κ3) is 5.53. The summed E-state index contributed by atoms with van der Waals surface area (Å²) in [6.45, 7) is 4.66. The van der Waals surface area contributed by atoms with Crippen molar-refractivity contribution in [2.45, 2.75) is 32.7 Å². The molecule has 82 valence electrons. The van der Waals surface area contributed by atoms with Gasteiger partial charge in [0, 0.05) is 0 Å². The van der Waals surface area contributed by atoms with Gasteiger partial charge in [0.25, 0.3) is 0 Å². The molecule has 1 atom stereocenters. The summed E-state index contributed by atoms with van der Waals surface area (Å²) in [5.41, 5.74) is 5.11. The first kappa shape index (κ1) is 12.9. The Kier molecular flexibility index (Phi) is 6.74. The topological polar surface area (TPSA) is 81.4 Å². The first-order chi connectivity index (χ1) is 6.61. The molecule has 1 amide bonds. The van der Waals surface area contributed by atoms with E-state index in [1.54, 1.807) is 6.92 Å². The van der Waals surface area contributed by atoms with Crippen LogP contribution in [-0.2, 0) is 14.3 Å². The van der Waals surface area contributed by atoms with Crippen molar-refractivity contribution in [1.82, 2.24) is 5.32 Å². The molecule has 0 heterocycles. The Morgan fingerprint density at radius 1 is 1.43 bits per heavy atom. The Morgan fingerprint density at radius 3 is 2.50 bits per heavy atom. The number of ether oxygens (including phenoxy) is 1. The van der Waals surface area contributed by atoms with E-state index >= 15 is 0 Å². The molecule has 5 nitrogen and oxygen atoms in total. The summed E-state index contributed by atoms with van der Waals surface area (Å²) in [4.78, 5) is 21.9. The van der Waals surface area contributed by atoms with Gasteiger partial charge < -0.3 is 15.8 Å². The third-order valence-electron chi connectivity index (χ3n) is 1.66. The quantitative estimate of drug-likeness (QED) is 0.560. The zero-order valence-electron chi connectivity index (χ0n) is 8.71. The molecular weight excluding hydrogens is 184 g/mol. The zero-order valence-corrected chi connectivity index (χ0v) is 8.71. The Labute approximate surface area is 84.0 Å². The minimum atomic E-state index is -0.617. The molecule has 0 saturated carbocycles. The standard InChI is InChI=1S/C9H18N2O3/c1-3-5-11-7(9(10)13)6-8(12)14-4-2/h7,11H,3-6H2,1-2H3,(H2,10,13). The van der Waals surface area contributed by atoms with E-state index < -0.39 is 17.9 Å². The van der Waals surface area contributed by atoms with Gasteiger partial charge in [-0.05, 0) is 19.9 Å². The molecule has 0 fully saturated rings. The lowest BCUT2D eigenvalue weighted by molar-refractivity contribution is -0.145. The average molecular weight is 202 g/mol. The predicted molar refractivity (Wildman–Crippen MR) is 52.5 cm³/mol. The van der Waals surface area contributed by atoms with Crippen molar-refractivity contribution in [2.75, 3.05) is 13.2 Å². The number of primary amides is 1. The van der Waals surface area contributed by atoms with Crippen molar-refractivity contribution >= 4 is 11.9 Å². The van der Waals surface area contributed by atoms with Gasteiger partial charge in [0.05, 0.1) is 19.1 Å². The van der Waals surface area contributed by atoms with Crippen LogP contribution in [0.5, 0.6) is 0 Å². The highest BCUT2D eigenvalue weighted by Crippen LogP contribution is 1.95. The van der Waals surface area contributed by atoms with Crippen LogP contribution in [0.15, 0.2) is 0 Å². The largest absolute Gasteiger partial charge is 0.466 e. The Hall–Kier alpha value is -1.10. The molecule has 0 aromatic carbocycles. The number of nitrogens with two attached hydrogens (primary N) is 1. The van der Waals surface area contributed by atoms with Gasteiger partial charge in [-0.3, -0.25) is 9.59 Å². The highest BCUT2D eigenvalue weighted by molar-refractivity contribution is 5.85. The molecule has 0 aliphatic heterocycles. The maximum absolute atomic E-state index is 11.1. The molecule has 0 radical (unpaired) electrons. The number of esters is 1. The van der Waals surface area contributed by atoms with Crippen molar-refractivity contribution in [2.24, 2.45) is 5.73 Å². The molecule has 0 aromatic heterocycles. The van der Waals surface area contributed by atoms with Crippen LogP contribution in [-0.4, -0.2) is 31.1 Å². The van der Waals surface area contributed by atoms with E-state index in [1.165, 1.54) is 0 Å². The number of rotatable bonds is 7. The first-order valence-electron chi connectivity index (χ1n) is 4.80. The number of hydrogen-bond acceptors (Lipinski definition) is 4. The first-order valence-corrected chi connectivity index (χ1v) is 4.80. The van der Waals surface area contributed by atoms with Gasteiger partial charge >= 0.3 is 5.97 Å². The second-order valence-electron chi connectivity index (χ2n) is 2.92. The van der Waals surface area contributed by atoms with Gasteiger partial charge in [0.1, 0.15) is 0 Å². The van der Waals surface area contributed by atoms with Crippen molar-refractivity contribution in [3.63, 3.8) is 0 Å². The maximum Gasteiger partial charge on any atom is 0.307 e. The molecule has 0 bridgehead atoms. The number of hydrogen-bond donors (Lipinski definition) is 2. The molecule has 0 aliphatic carbocycles. The van der Waals surface area contributed by atoms with E-state index in [4.69, 9.17) is 10.5 Å². The molecule has 5 heteroatoms. The highest BCUT2D eigenvalue weighted by atomic mass is 16.5. The number of carbonyl (C=O) groups is 2. The third-order valence-corrected chi connectivity index (χ3v) is 1.66. The summed E-state index contributed by atoms with van der Waals surface area (Å²) in [6, 6.07) is -0.617. The van der Waals surface area contributed by atoms with Gasteiger partial charge in [-0.25, -0.2) is 0 Å². The SMILES string of the molecule is CCCNC(CC(=O)OCC)C(N)=O. The summed E-state index contributed by atoms with van der Waals surface area (Å²) < 4.78 is 4.72. The molecule has 0 saturated heterocycles. The lowest BCUT2D eigenvalue weighted by Gasteiger charge is -2.13. The Balaban J connectivity index is 3.95. The van der Waals surface area contributed by atoms with Gasteiger partial charge in [-0.2, -0.15) is 0 Å². The van der Waals surface area contributed by atoms with Crippen LogP contribution in [0.25, 0.3) is 0 Å². The molecule has 0 rings (SSSR count). The average Bonchev–Trinajstić information content (AvgIpc) is 2.12. The van der Waals surface area contributed by atoms with E-state index in [-0.39, 0.29) is 6.42 Å². The summed E-state index contributed by atoms with van der Waals surface area (Å²) in [5, 5.41) is 2.88. The van der Waals surface area contributed by atoms with Crippen LogP contribution >= 0.6 is 0 Å². The number of carbonyl (C=O) groups excluding carboxylic acids is 2. The van der Waals surface area contributed by atoms with Crippen LogP contribution in [0.4, 0.5) is 0 Å². The second-order valence-corrected chi connectivity index (χ2v) is 2.92. The summed E-state index contributed by atoms with van der Waals surface area (Å²) in [5.74, 6) is -0.925. The van der Waals surface area contributed by atoms with Crippen LogP contribution in [0, 0.1) is 0 Å². The van der Waals surface area contributed by atoms with E-state index in [2.05, 4.69) is 5.32 Å². The summed E-state index contributed by atoms with van der Waals surface area (Å²) in [7, 11) is 0. The lowest BCUT2D eigenvalue weighted by Crippen LogP contribution is -2.43. The molecule has 0 aromatic rings. The van der Waals surface area contributed by atoms with Crippen LogP contribution in [0.1, 0.15) is 26.7 Å². The minimum absolute atomic E-state index is 0.00315. The van der Waals surface area contributed by atoms with Gasteiger partial charge in [0.15, 0.2) is 0 Å². The van der Waals surface area contributed by atoms with E-state index in [0.717, 1.165) is 6.42 Å². The van der Waals surface area contributed by atoms with Crippen molar-refractivity contribution < 1.29 is 14.3 Å². The van der Waals surface area contributed by atoms with Gasteiger partial charge in [-0.1, -0.05) is 6.92 Å². The van der Waals surface area contributed by atoms with Crippen molar-refractivity contribution in [1.29, 1.82) is 0 Å². The fourth-order valence-electron chi connectivity index (χ4n) is 0.979. The molecule has 14 heavy (non-hydrogen) atoms. The number of amides is 1. The number of nitrogens with one attached hydrogen (secondary N) is 1. The molecule has 0 aliphatic rings. The predicted octanol–water partition coefficient (Wildman–Crippen LogP) is -0.207. The fraction of sp³-hybridized carbons (Fsp3) is 0.778. The lowest BCUT2D eigenvalue weighted by atomic mass is 10.2. The van der Waals surface area contributed by atoms with Crippen molar-refractivity contribution in [3.8, 4) is 0 Å². The smallest absolute Gasteiger partial charge is 0.307 e. The second kappa shape index (κ2) is 7.32. The van der Waals surface area contributed by atoms with E-state index in [9.17, 15) is 9.59 Å². The Morgan fingerprint density at radius 2 is 2.07 bits per heavy atom. The summed E-state index contributed by atoms with van der Waals surface area (Å²) in [6.07, 6.45) is 0.885. The molecule has 0 spiro atoms. The van der Waals surface area contributed by atoms with E-state index in [1.807, 2.05) is 6.92 Å². The van der Waals surface area contributed by atoms with Crippen LogP contribution < -0.4 is 11.1 Å². The Bertz CT molecular complexity index is 194. The van der Waals surface area contributed by atoms with E-state index in [0.29, 0.717) is 13.2 Å². The monoisotopic (exact) mass is 202 g/mol. The minimum Gasteiger partial charge on any atom is -0.466 e. The van der Waals surface area contributed by atoms with Gasteiger partial charge in [0.2, 0.25) is 5.91 Å². The molecule has 3 N–H and O–H groups in total. The zero-order chi connectivity index (χ0) is 11.0. The fourth-order valence-corrected chi connectivity index (χ4v) is 0.979. The molecular formula is C9H18N2O3. The van der Waals surface area contributed by atoms with Crippen LogP contribution in [0.2, 0.25) is 0 Å². The normalized spacial score (nSPS) is 12.1. The highest BCUT2D eigenvalue weighted by Gasteiger charge is 2.18. The van der Waals surface area contributed by atoms with Crippen LogP contribution in [0.3, 0.4) is 0 Å². The molecule has 1 unspecified atom stereocenters. The maximum atomic E-state index is 11.1. The summed E-state index contributed by atoms with van der Waals surface area (Å²) >= 11 is 0.